The van der Waals surface area contributed by atoms with Crippen molar-refractivity contribution in [3.05, 3.63) is 5.82 Å². The van der Waals surface area contributed by atoms with E-state index in [0.29, 0.717) is 44.5 Å². The van der Waals surface area contributed by atoms with Gasteiger partial charge >= 0.3 is 0 Å². The first-order valence-corrected chi connectivity index (χ1v) is 6.47. The van der Waals surface area contributed by atoms with Gasteiger partial charge in [0.1, 0.15) is 19.3 Å². The van der Waals surface area contributed by atoms with Crippen molar-refractivity contribution in [2.45, 2.75) is 6.54 Å². The Kier molecular flexibility index (Phi) is 7.83. The third-order valence-corrected chi connectivity index (χ3v) is 2.44. The molecule has 0 saturated carbocycles. The number of aromatic nitrogens is 3. The first-order chi connectivity index (χ1) is 10.1. The van der Waals surface area contributed by atoms with E-state index in [1.807, 2.05) is 19.0 Å². The van der Waals surface area contributed by atoms with Crippen molar-refractivity contribution < 1.29 is 14.2 Å². The third kappa shape index (κ3) is 5.76. The zero-order chi connectivity index (χ0) is 15.7. The Morgan fingerprint density at radius 1 is 0.905 bits per heavy atom. The summed E-state index contributed by atoms with van der Waals surface area (Å²) >= 11 is 0. The van der Waals surface area contributed by atoms with Crippen LogP contribution in [0.3, 0.4) is 0 Å². The monoisotopic (exact) mass is 300 g/mol. The van der Waals surface area contributed by atoms with E-state index in [1.165, 1.54) is 0 Å². The molecule has 0 aliphatic rings. The second-order valence-corrected chi connectivity index (χ2v) is 4.48. The molecule has 0 fully saturated rings. The molecule has 0 radical (unpaired) electrons. The molecule has 1 aromatic heterocycles. The van der Waals surface area contributed by atoms with E-state index in [2.05, 4.69) is 20.3 Å². The summed E-state index contributed by atoms with van der Waals surface area (Å²) in [5.74, 6) is 1.70. The normalized spacial score (nSPS) is 10.7. The van der Waals surface area contributed by atoms with Crippen molar-refractivity contribution in [1.82, 2.24) is 20.3 Å². The molecule has 9 heteroatoms. The van der Waals surface area contributed by atoms with E-state index in [4.69, 9.17) is 14.2 Å². The molecule has 0 bridgehead atoms. The maximum absolute atomic E-state index is 5.15. The predicted octanol–water partition coefficient (Wildman–Crippen LogP) is -0.355. The molecule has 0 aliphatic heterocycles. The maximum Gasteiger partial charge on any atom is 0.234 e. The Labute approximate surface area is 125 Å². The minimum atomic E-state index is 0.329. The van der Waals surface area contributed by atoms with Crippen molar-refractivity contribution in [2.24, 2.45) is 0 Å². The van der Waals surface area contributed by atoms with Crippen LogP contribution in [-0.2, 0) is 20.8 Å². The molecule has 1 aromatic rings. The van der Waals surface area contributed by atoms with Gasteiger partial charge in [0.25, 0.3) is 0 Å². The van der Waals surface area contributed by atoms with E-state index in [9.17, 15) is 0 Å². The number of methoxy groups -OCH3 is 3. The smallest absolute Gasteiger partial charge is 0.234 e. The predicted molar refractivity (Wildman–Crippen MR) is 79.1 cm³/mol. The molecule has 21 heavy (non-hydrogen) atoms. The van der Waals surface area contributed by atoms with E-state index >= 15 is 0 Å². The van der Waals surface area contributed by atoms with Gasteiger partial charge in [-0.15, -0.1) is 0 Å². The van der Waals surface area contributed by atoms with Crippen LogP contribution in [0, 0.1) is 0 Å². The van der Waals surface area contributed by atoms with Gasteiger partial charge in [-0.05, 0) is 0 Å². The highest BCUT2D eigenvalue weighted by Gasteiger charge is 2.14. The summed E-state index contributed by atoms with van der Waals surface area (Å²) in [5.41, 5.74) is 0. The van der Waals surface area contributed by atoms with Gasteiger partial charge in [0.2, 0.25) is 11.9 Å². The van der Waals surface area contributed by atoms with Crippen LogP contribution in [0.2, 0.25) is 0 Å². The molecular weight excluding hydrogens is 276 g/mol. The SMILES string of the molecule is COCNCc1nc(N(C)C)nc(N(COC)COC)n1. The quantitative estimate of drug-likeness (QED) is 0.460. The Bertz CT molecular complexity index is 412. The Balaban J connectivity index is 2.99. The highest BCUT2D eigenvalue weighted by Crippen LogP contribution is 2.12. The average molecular weight is 300 g/mol. The van der Waals surface area contributed by atoms with Crippen LogP contribution >= 0.6 is 0 Å². The molecular formula is C12H24N6O3. The summed E-state index contributed by atoms with van der Waals surface area (Å²) in [6.07, 6.45) is 0. The van der Waals surface area contributed by atoms with Crippen LogP contribution in [0.4, 0.5) is 11.9 Å². The fraction of sp³-hybridized carbons (Fsp3) is 0.750. The summed E-state index contributed by atoms with van der Waals surface area (Å²) in [6, 6.07) is 0. The van der Waals surface area contributed by atoms with Gasteiger partial charge in [-0.1, -0.05) is 0 Å². The molecule has 0 aliphatic carbocycles. The second-order valence-electron chi connectivity index (χ2n) is 4.48. The van der Waals surface area contributed by atoms with Crippen LogP contribution in [0.5, 0.6) is 0 Å². The highest BCUT2D eigenvalue weighted by molar-refractivity contribution is 5.37. The minimum absolute atomic E-state index is 0.329. The number of ether oxygens (including phenoxy) is 3. The molecule has 9 nitrogen and oxygen atoms in total. The van der Waals surface area contributed by atoms with E-state index in [0.717, 1.165) is 0 Å². The van der Waals surface area contributed by atoms with Gasteiger partial charge < -0.3 is 19.1 Å². The van der Waals surface area contributed by atoms with E-state index in [-0.39, 0.29) is 0 Å². The van der Waals surface area contributed by atoms with Crippen LogP contribution in [0.1, 0.15) is 5.82 Å². The molecule has 1 heterocycles. The van der Waals surface area contributed by atoms with Crippen molar-refractivity contribution in [1.29, 1.82) is 0 Å². The lowest BCUT2D eigenvalue weighted by atomic mass is 10.5. The number of nitrogens with zero attached hydrogens (tertiary/aromatic N) is 5. The summed E-state index contributed by atoms with van der Waals surface area (Å²) in [4.78, 5) is 16.8. The highest BCUT2D eigenvalue weighted by atomic mass is 16.5. The lowest BCUT2D eigenvalue weighted by Crippen LogP contribution is -2.31. The molecule has 0 aromatic carbocycles. The molecule has 0 saturated heterocycles. The van der Waals surface area contributed by atoms with Gasteiger partial charge in [-0.25, -0.2) is 0 Å². The summed E-state index contributed by atoms with van der Waals surface area (Å²) in [7, 11) is 8.59. The van der Waals surface area contributed by atoms with E-state index in [1.54, 1.807) is 26.2 Å². The number of hydrogen-bond acceptors (Lipinski definition) is 9. The first kappa shape index (κ1) is 17.5. The molecule has 0 unspecified atom stereocenters. The van der Waals surface area contributed by atoms with Crippen molar-refractivity contribution >= 4 is 11.9 Å². The van der Waals surface area contributed by atoms with Crippen molar-refractivity contribution in [2.75, 3.05) is 65.4 Å². The van der Waals surface area contributed by atoms with Crippen LogP contribution in [-0.4, -0.2) is 70.6 Å². The minimum Gasteiger partial charge on any atom is -0.370 e. The molecule has 120 valence electrons. The van der Waals surface area contributed by atoms with Gasteiger partial charge in [0.15, 0.2) is 0 Å². The fourth-order valence-corrected chi connectivity index (χ4v) is 1.55. The molecule has 1 rings (SSSR count). The number of anilines is 2. The average Bonchev–Trinajstić information content (AvgIpc) is 2.47. The lowest BCUT2D eigenvalue weighted by molar-refractivity contribution is 0.138. The Hall–Kier alpha value is -1.55. The molecule has 1 N–H and O–H groups in total. The lowest BCUT2D eigenvalue weighted by Gasteiger charge is -2.22. The topological polar surface area (TPSA) is 84.9 Å². The zero-order valence-corrected chi connectivity index (χ0v) is 13.3. The zero-order valence-electron chi connectivity index (χ0n) is 13.3. The maximum atomic E-state index is 5.15. The summed E-state index contributed by atoms with van der Waals surface area (Å²) in [5, 5.41) is 3.07. The van der Waals surface area contributed by atoms with Gasteiger partial charge in [0, 0.05) is 35.4 Å². The molecule has 0 spiro atoms. The largest absolute Gasteiger partial charge is 0.370 e. The molecule has 0 amide bonds. The van der Waals surface area contributed by atoms with Crippen molar-refractivity contribution in [3.8, 4) is 0 Å². The van der Waals surface area contributed by atoms with Crippen LogP contribution in [0.25, 0.3) is 0 Å². The summed E-state index contributed by atoms with van der Waals surface area (Å²) in [6.45, 7) is 1.57. The number of nitrogens with one attached hydrogen (secondary N) is 1. The van der Waals surface area contributed by atoms with Gasteiger partial charge in [-0.2, -0.15) is 15.0 Å². The third-order valence-electron chi connectivity index (χ3n) is 2.44. The Morgan fingerprint density at radius 3 is 2.05 bits per heavy atom. The number of rotatable bonds is 10. The second kappa shape index (κ2) is 9.40. The standard InChI is InChI=1S/C12H24N6O3/c1-17(2)11-14-10(6-13-7-19-3)15-12(16-11)18(8-20-4)9-21-5/h13H,6-9H2,1-5H3. The van der Waals surface area contributed by atoms with Crippen molar-refractivity contribution in [3.63, 3.8) is 0 Å². The van der Waals surface area contributed by atoms with Gasteiger partial charge in [0.05, 0.1) is 13.3 Å². The molecule has 0 atom stereocenters. The van der Waals surface area contributed by atoms with Crippen LogP contribution in [0.15, 0.2) is 0 Å². The van der Waals surface area contributed by atoms with E-state index < -0.39 is 0 Å². The first-order valence-electron chi connectivity index (χ1n) is 6.47. The summed E-state index contributed by atoms with van der Waals surface area (Å²) < 4.78 is 15.2. The number of hydrogen-bond donors (Lipinski definition) is 1. The Morgan fingerprint density at radius 2 is 1.52 bits per heavy atom. The van der Waals surface area contributed by atoms with Crippen LogP contribution < -0.4 is 15.1 Å². The van der Waals surface area contributed by atoms with Gasteiger partial charge in [-0.3, -0.25) is 10.2 Å². The fourth-order valence-electron chi connectivity index (χ4n) is 1.55.